The zero-order valence-corrected chi connectivity index (χ0v) is 11.5. The fourth-order valence-electron chi connectivity index (χ4n) is 3.34. The lowest BCUT2D eigenvalue weighted by molar-refractivity contribution is 0.336. The topological polar surface area (TPSA) is 56.5 Å². The Morgan fingerprint density at radius 2 is 2.15 bits per heavy atom. The van der Waals surface area contributed by atoms with Crippen molar-refractivity contribution in [3.63, 3.8) is 0 Å². The quantitative estimate of drug-likeness (QED) is 0.667. The Bertz CT molecular complexity index is 755. The highest BCUT2D eigenvalue weighted by Gasteiger charge is 2.34. The van der Waals surface area contributed by atoms with E-state index in [-0.39, 0.29) is 5.54 Å². The maximum Gasteiger partial charge on any atom is 0.0926 e. The molecule has 3 N–H and O–H groups in total. The van der Waals surface area contributed by atoms with Crippen LogP contribution in [0, 0.1) is 0 Å². The fraction of sp³-hybridized carbons (Fsp3) is 0.312. The predicted molar refractivity (Wildman–Crippen MR) is 79.6 cm³/mol. The molecule has 0 spiro atoms. The number of aromatic amines is 2. The van der Waals surface area contributed by atoms with E-state index < -0.39 is 0 Å². The van der Waals surface area contributed by atoms with Crippen LogP contribution in [0.5, 0.6) is 0 Å². The highest BCUT2D eigenvalue weighted by atomic mass is 15.1. The van der Waals surface area contributed by atoms with E-state index in [4.69, 9.17) is 0 Å². The molecule has 0 radical (unpaired) electrons. The van der Waals surface area contributed by atoms with Crippen molar-refractivity contribution < 1.29 is 0 Å². The molecule has 3 aromatic rings. The van der Waals surface area contributed by atoms with Crippen molar-refractivity contribution in [1.29, 1.82) is 0 Å². The first-order valence-corrected chi connectivity index (χ1v) is 7.09. The zero-order valence-electron chi connectivity index (χ0n) is 11.5. The molecule has 1 aliphatic heterocycles. The van der Waals surface area contributed by atoms with Gasteiger partial charge in [0.05, 0.1) is 17.6 Å². The summed E-state index contributed by atoms with van der Waals surface area (Å²) in [5, 5.41) is 4.95. The third-order valence-electron chi connectivity index (χ3n) is 4.35. The molecule has 4 rings (SSSR count). The lowest BCUT2D eigenvalue weighted by Gasteiger charge is -2.34. The number of para-hydroxylation sites is 1. The van der Waals surface area contributed by atoms with Crippen LogP contribution in [-0.4, -0.2) is 21.5 Å². The number of aromatic nitrogens is 3. The molecule has 20 heavy (non-hydrogen) atoms. The van der Waals surface area contributed by atoms with E-state index in [0.29, 0.717) is 0 Å². The standard InChI is InChI=1S/C16H18N4/c1-16(15-14(6-7-20-16)18-10-19-15)8-11-9-17-13-5-3-2-4-12(11)13/h2-5,9-10,17,20H,6-8H2,1H3,(H,18,19). The predicted octanol–water partition coefficient (Wildman–Crippen LogP) is 2.49. The third kappa shape index (κ3) is 1.68. The Balaban J connectivity index is 1.76. The van der Waals surface area contributed by atoms with E-state index in [1.165, 1.54) is 22.2 Å². The van der Waals surface area contributed by atoms with Crippen LogP contribution in [0.25, 0.3) is 10.9 Å². The van der Waals surface area contributed by atoms with Crippen molar-refractivity contribution in [1.82, 2.24) is 20.3 Å². The molecule has 1 unspecified atom stereocenters. The first kappa shape index (κ1) is 11.7. The Kier molecular flexibility index (Phi) is 2.47. The van der Waals surface area contributed by atoms with Crippen LogP contribution in [0.3, 0.4) is 0 Å². The average Bonchev–Trinajstić information content (AvgIpc) is 3.07. The van der Waals surface area contributed by atoms with Crippen LogP contribution in [0.2, 0.25) is 0 Å². The van der Waals surface area contributed by atoms with Crippen molar-refractivity contribution in [3.05, 3.63) is 53.7 Å². The molecule has 1 aliphatic rings. The minimum atomic E-state index is -0.0987. The summed E-state index contributed by atoms with van der Waals surface area (Å²) in [6.07, 6.45) is 5.90. The molecule has 4 heteroatoms. The van der Waals surface area contributed by atoms with Crippen molar-refractivity contribution in [2.24, 2.45) is 0 Å². The van der Waals surface area contributed by atoms with Gasteiger partial charge in [-0.3, -0.25) is 0 Å². The maximum absolute atomic E-state index is 4.54. The number of nitrogens with zero attached hydrogens (tertiary/aromatic N) is 1. The van der Waals surface area contributed by atoms with Crippen molar-refractivity contribution in [2.75, 3.05) is 6.54 Å². The van der Waals surface area contributed by atoms with Gasteiger partial charge in [0.1, 0.15) is 0 Å². The van der Waals surface area contributed by atoms with E-state index in [1.807, 2.05) is 6.33 Å². The van der Waals surface area contributed by atoms with Crippen molar-refractivity contribution in [3.8, 4) is 0 Å². The summed E-state index contributed by atoms with van der Waals surface area (Å²) in [5.41, 5.74) is 4.87. The van der Waals surface area contributed by atoms with Gasteiger partial charge >= 0.3 is 0 Å². The van der Waals surface area contributed by atoms with E-state index in [9.17, 15) is 0 Å². The smallest absolute Gasteiger partial charge is 0.0926 e. The highest BCUT2D eigenvalue weighted by molar-refractivity contribution is 5.83. The van der Waals surface area contributed by atoms with E-state index >= 15 is 0 Å². The summed E-state index contributed by atoms with van der Waals surface area (Å²) < 4.78 is 0. The summed E-state index contributed by atoms with van der Waals surface area (Å²) in [6, 6.07) is 8.46. The van der Waals surface area contributed by atoms with Gasteiger partial charge in [0.15, 0.2) is 0 Å². The van der Waals surface area contributed by atoms with Crippen LogP contribution in [0.15, 0.2) is 36.8 Å². The molecular formula is C16H18N4. The fourth-order valence-corrected chi connectivity index (χ4v) is 3.34. The first-order valence-electron chi connectivity index (χ1n) is 7.09. The lowest BCUT2D eigenvalue weighted by Crippen LogP contribution is -2.46. The first-order chi connectivity index (χ1) is 9.76. The number of H-pyrrole nitrogens is 2. The Hall–Kier alpha value is -2.07. The van der Waals surface area contributed by atoms with Crippen LogP contribution in [0.1, 0.15) is 23.9 Å². The largest absolute Gasteiger partial charge is 0.361 e. The number of hydrogen-bond donors (Lipinski definition) is 3. The van der Waals surface area contributed by atoms with E-state index in [2.05, 4.69) is 57.7 Å². The zero-order chi connectivity index (χ0) is 13.6. The van der Waals surface area contributed by atoms with Crippen LogP contribution < -0.4 is 5.32 Å². The molecule has 0 saturated carbocycles. The number of hydrogen-bond acceptors (Lipinski definition) is 2. The second-order valence-corrected chi connectivity index (χ2v) is 5.77. The third-order valence-corrected chi connectivity index (χ3v) is 4.35. The summed E-state index contributed by atoms with van der Waals surface area (Å²) in [6.45, 7) is 3.24. The Morgan fingerprint density at radius 1 is 1.25 bits per heavy atom. The molecule has 102 valence electrons. The number of rotatable bonds is 2. The lowest BCUT2D eigenvalue weighted by atomic mass is 9.85. The van der Waals surface area contributed by atoms with Gasteiger partial charge in [-0.05, 0) is 25.0 Å². The summed E-state index contributed by atoms with van der Waals surface area (Å²) >= 11 is 0. The number of nitrogens with one attached hydrogen (secondary N) is 3. The molecule has 0 amide bonds. The summed E-state index contributed by atoms with van der Waals surface area (Å²) in [7, 11) is 0. The van der Waals surface area contributed by atoms with Crippen LogP contribution in [-0.2, 0) is 18.4 Å². The Labute approximate surface area is 117 Å². The highest BCUT2D eigenvalue weighted by Crippen LogP contribution is 2.31. The SMILES string of the molecule is CC1(Cc2c[nH]c3ccccc23)NCCc2[nH]cnc21. The van der Waals surface area contributed by atoms with Gasteiger partial charge < -0.3 is 15.3 Å². The molecule has 1 aromatic carbocycles. The molecule has 4 nitrogen and oxygen atoms in total. The normalized spacial score (nSPS) is 22.1. The second-order valence-electron chi connectivity index (χ2n) is 5.77. The molecule has 0 aliphatic carbocycles. The molecule has 0 fully saturated rings. The number of benzene rings is 1. The van der Waals surface area contributed by atoms with E-state index in [0.717, 1.165) is 25.1 Å². The van der Waals surface area contributed by atoms with E-state index in [1.54, 1.807) is 0 Å². The van der Waals surface area contributed by atoms with Gasteiger partial charge in [0, 0.05) is 35.8 Å². The number of imidazole rings is 1. The van der Waals surface area contributed by atoms with Gasteiger partial charge in [0.25, 0.3) is 0 Å². The molecule has 3 heterocycles. The molecule has 1 atom stereocenters. The van der Waals surface area contributed by atoms with Crippen LogP contribution >= 0.6 is 0 Å². The molecule has 2 aromatic heterocycles. The molecular weight excluding hydrogens is 248 g/mol. The maximum atomic E-state index is 4.54. The molecule has 0 bridgehead atoms. The summed E-state index contributed by atoms with van der Waals surface area (Å²) in [5.74, 6) is 0. The minimum Gasteiger partial charge on any atom is -0.361 e. The van der Waals surface area contributed by atoms with Gasteiger partial charge in [-0.15, -0.1) is 0 Å². The molecule has 0 saturated heterocycles. The van der Waals surface area contributed by atoms with Crippen molar-refractivity contribution in [2.45, 2.75) is 25.3 Å². The summed E-state index contributed by atoms with van der Waals surface area (Å²) in [4.78, 5) is 11.2. The monoisotopic (exact) mass is 266 g/mol. The van der Waals surface area contributed by atoms with Gasteiger partial charge in [-0.1, -0.05) is 18.2 Å². The van der Waals surface area contributed by atoms with Crippen molar-refractivity contribution >= 4 is 10.9 Å². The van der Waals surface area contributed by atoms with Gasteiger partial charge in [-0.2, -0.15) is 0 Å². The minimum absolute atomic E-state index is 0.0987. The van der Waals surface area contributed by atoms with Gasteiger partial charge in [-0.25, -0.2) is 4.98 Å². The number of fused-ring (bicyclic) bond motifs is 2. The Morgan fingerprint density at radius 3 is 3.10 bits per heavy atom. The second kappa shape index (κ2) is 4.21. The average molecular weight is 266 g/mol. The van der Waals surface area contributed by atoms with Gasteiger partial charge in [0.2, 0.25) is 0 Å². The van der Waals surface area contributed by atoms with Crippen LogP contribution in [0.4, 0.5) is 0 Å².